The third kappa shape index (κ3) is 3.60. The van der Waals surface area contributed by atoms with Gasteiger partial charge in [0, 0.05) is 25.7 Å². The molecular weight excluding hydrogens is 214 g/mol. The van der Waals surface area contributed by atoms with Crippen LogP contribution in [-0.4, -0.2) is 54.6 Å². The fourth-order valence-electron chi connectivity index (χ4n) is 2.76. The van der Waals surface area contributed by atoms with E-state index in [2.05, 4.69) is 17.1 Å². The molecule has 4 heteroatoms. The molecule has 0 aromatic carbocycles. The summed E-state index contributed by atoms with van der Waals surface area (Å²) >= 11 is 0. The molecule has 0 spiro atoms. The van der Waals surface area contributed by atoms with Gasteiger partial charge in [-0.05, 0) is 45.7 Å². The first-order valence-corrected chi connectivity index (χ1v) is 7.04. The van der Waals surface area contributed by atoms with Crippen molar-refractivity contribution in [3.05, 3.63) is 0 Å². The van der Waals surface area contributed by atoms with E-state index in [0.717, 1.165) is 32.5 Å². The minimum Gasteiger partial charge on any atom is -0.336 e. The number of carbonyl (C=O) groups is 1. The van der Waals surface area contributed by atoms with Gasteiger partial charge in [0.25, 0.3) is 0 Å². The normalized spacial score (nSPS) is 23.7. The maximum Gasteiger partial charge on any atom is 0.317 e. The van der Waals surface area contributed by atoms with Crippen molar-refractivity contribution >= 4 is 6.03 Å². The van der Waals surface area contributed by atoms with Crippen molar-refractivity contribution in [2.24, 2.45) is 0 Å². The average molecular weight is 239 g/mol. The second kappa shape index (κ2) is 6.24. The molecule has 1 N–H and O–H groups in total. The molecule has 0 aromatic rings. The third-order valence-electron chi connectivity index (χ3n) is 3.96. The fraction of sp³-hybridized carbons (Fsp3) is 0.923. The molecule has 2 aliphatic heterocycles. The van der Waals surface area contributed by atoms with Gasteiger partial charge in [-0.1, -0.05) is 6.42 Å². The van der Waals surface area contributed by atoms with E-state index in [0.29, 0.717) is 6.04 Å². The van der Waals surface area contributed by atoms with Gasteiger partial charge in [-0.25, -0.2) is 4.79 Å². The van der Waals surface area contributed by atoms with E-state index < -0.39 is 0 Å². The summed E-state index contributed by atoms with van der Waals surface area (Å²) in [7, 11) is 0. The lowest BCUT2D eigenvalue weighted by molar-refractivity contribution is 0.165. The van der Waals surface area contributed by atoms with Gasteiger partial charge in [0.05, 0.1) is 0 Å². The summed E-state index contributed by atoms with van der Waals surface area (Å²) in [6, 6.07) is 0.605. The molecule has 0 bridgehead atoms. The van der Waals surface area contributed by atoms with Crippen LogP contribution in [0.25, 0.3) is 0 Å². The van der Waals surface area contributed by atoms with Crippen LogP contribution in [0.2, 0.25) is 0 Å². The molecule has 0 aliphatic carbocycles. The highest BCUT2D eigenvalue weighted by molar-refractivity contribution is 5.74. The van der Waals surface area contributed by atoms with Gasteiger partial charge in [-0.3, -0.25) is 4.90 Å². The predicted molar refractivity (Wildman–Crippen MR) is 69.1 cm³/mol. The van der Waals surface area contributed by atoms with E-state index in [1.165, 1.54) is 32.4 Å². The highest BCUT2D eigenvalue weighted by Crippen LogP contribution is 2.12. The van der Waals surface area contributed by atoms with Crippen molar-refractivity contribution < 1.29 is 4.79 Å². The van der Waals surface area contributed by atoms with Gasteiger partial charge < -0.3 is 10.2 Å². The maximum absolute atomic E-state index is 11.8. The zero-order chi connectivity index (χ0) is 12.1. The Hall–Kier alpha value is -0.770. The first-order chi connectivity index (χ1) is 8.27. The first-order valence-electron chi connectivity index (χ1n) is 7.04. The number of amides is 2. The number of hydrogen-bond acceptors (Lipinski definition) is 2. The summed E-state index contributed by atoms with van der Waals surface area (Å²) in [6.07, 6.45) is 6.31. The largest absolute Gasteiger partial charge is 0.336 e. The van der Waals surface area contributed by atoms with Crippen LogP contribution in [0.5, 0.6) is 0 Å². The van der Waals surface area contributed by atoms with Gasteiger partial charge in [0.2, 0.25) is 0 Å². The number of urea groups is 1. The molecule has 1 unspecified atom stereocenters. The second-order valence-electron chi connectivity index (χ2n) is 5.33. The Morgan fingerprint density at radius 2 is 1.65 bits per heavy atom. The summed E-state index contributed by atoms with van der Waals surface area (Å²) in [5.74, 6) is 0. The lowest BCUT2D eigenvalue weighted by atomic mass is 10.1. The van der Waals surface area contributed by atoms with E-state index >= 15 is 0 Å². The molecular formula is C13H25N3O. The van der Waals surface area contributed by atoms with E-state index in [9.17, 15) is 4.79 Å². The minimum atomic E-state index is 0.131. The van der Waals surface area contributed by atoms with Gasteiger partial charge in [-0.15, -0.1) is 0 Å². The Labute approximate surface area is 104 Å². The molecule has 2 rings (SSSR count). The summed E-state index contributed by atoms with van der Waals surface area (Å²) in [5, 5.41) is 3.07. The van der Waals surface area contributed by atoms with Crippen molar-refractivity contribution in [3.63, 3.8) is 0 Å². The van der Waals surface area contributed by atoms with Crippen LogP contribution < -0.4 is 5.32 Å². The number of carbonyl (C=O) groups excluding carboxylic acids is 1. The van der Waals surface area contributed by atoms with Crippen LogP contribution in [0.1, 0.15) is 39.0 Å². The monoisotopic (exact) mass is 239 g/mol. The SMILES string of the molecule is CC(CNC(=O)N1CCCC1)N1CCCCC1. The lowest BCUT2D eigenvalue weighted by Gasteiger charge is -2.32. The summed E-state index contributed by atoms with van der Waals surface area (Å²) < 4.78 is 0. The Bertz CT molecular complexity index is 245. The molecule has 0 aromatic heterocycles. The molecule has 17 heavy (non-hydrogen) atoms. The summed E-state index contributed by atoms with van der Waals surface area (Å²) in [5.41, 5.74) is 0. The van der Waals surface area contributed by atoms with Crippen molar-refractivity contribution in [2.75, 3.05) is 32.7 Å². The van der Waals surface area contributed by atoms with Crippen LogP contribution >= 0.6 is 0 Å². The number of nitrogens with one attached hydrogen (secondary N) is 1. The van der Waals surface area contributed by atoms with Gasteiger partial charge in [0.15, 0.2) is 0 Å². The van der Waals surface area contributed by atoms with E-state index in [-0.39, 0.29) is 6.03 Å². The molecule has 0 radical (unpaired) electrons. The van der Waals surface area contributed by atoms with Crippen molar-refractivity contribution in [1.29, 1.82) is 0 Å². The Morgan fingerprint density at radius 1 is 1.06 bits per heavy atom. The number of likely N-dealkylation sites (tertiary alicyclic amines) is 2. The Balaban J connectivity index is 1.67. The highest BCUT2D eigenvalue weighted by atomic mass is 16.2. The third-order valence-corrected chi connectivity index (χ3v) is 3.96. The van der Waals surface area contributed by atoms with E-state index in [4.69, 9.17) is 0 Å². The Kier molecular flexibility index (Phi) is 4.66. The van der Waals surface area contributed by atoms with Gasteiger partial charge in [0.1, 0.15) is 0 Å². The quantitative estimate of drug-likeness (QED) is 0.813. The molecule has 2 saturated heterocycles. The lowest BCUT2D eigenvalue weighted by Crippen LogP contribution is -2.47. The summed E-state index contributed by atoms with van der Waals surface area (Å²) in [4.78, 5) is 16.3. The molecule has 2 fully saturated rings. The van der Waals surface area contributed by atoms with E-state index in [1.807, 2.05) is 4.90 Å². The van der Waals surface area contributed by atoms with Gasteiger partial charge in [-0.2, -0.15) is 0 Å². The van der Waals surface area contributed by atoms with Crippen LogP contribution in [0.4, 0.5) is 4.79 Å². The average Bonchev–Trinajstić information content (AvgIpc) is 2.90. The van der Waals surface area contributed by atoms with Crippen LogP contribution in [-0.2, 0) is 0 Å². The smallest absolute Gasteiger partial charge is 0.317 e. The Morgan fingerprint density at radius 3 is 2.29 bits per heavy atom. The first kappa shape index (κ1) is 12.7. The van der Waals surface area contributed by atoms with Crippen molar-refractivity contribution in [3.8, 4) is 0 Å². The number of nitrogens with zero attached hydrogens (tertiary/aromatic N) is 2. The van der Waals surface area contributed by atoms with Crippen LogP contribution in [0, 0.1) is 0 Å². The predicted octanol–water partition coefficient (Wildman–Crippen LogP) is 1.67. The number of hydrogen-bond donors (Lipinski definition) is 1. The van der Waals surface area contributed by atoms with Crippen molar-refractivity contribution in [1.82, 2.24) is 15.1 Å². The van der Waals surface area contributed by atoms with Crippen LogP contribution in [0.15, 0.2) is 0 Å². The molecule has 98 valence electrons. The van der Waals surface area contributed by atoms with Crippen molar-refractivity contribution in [2.45, 2.75) is 45.1 Å². The standard InChI is InChI=1S/C13H25N3O/c1-12(15-7-3-2-4-8-15)11-14-13(17)16-9-5-6-10-16/h12H,2-11H2,1H3,(H,14,17). The fourth-order valence-corrected chi connectivity index (χ4v) is 2.76. The zero-order valence-electron chi connectivity index (χ0n) is 11.0. The topological polar surface area (TPSA) is 35.6 Å². The van der Waals surface area contributed by atoms with E-state index in [1.54, 1.807) is 0 Å². The van der Waals surface area contributed by atoms with Crippen LogP contribution in [0.3, 0.4) is 0 Å². The maximum atomic E-state index is 11.8. The minimum absolute atomic E-state index is 0.131. The summed E-state index contributed by atoms with van der Waals surface area (Å²) in [6.45, 7) is 7.26. The molecule has 0 saturated carbocycles. The highest BCUT2D eigenvalue weighted by Gasteiger charge is 2.20. The molecule has 4 nitrogen and oxygen atoms in total. The molecule has 2 aliphatic rings. The zero-order valence-corrected chi connectivity index (χ0v) is 11.0. The number of piperidine rings is 1. The molecule has 2 amide bonds. The molecule has 2 heterocycles. The van der Waals surface area contributed by atoms with Gasteiger partial charge >= 0.3 is 6.03 Å². The number of rotatable bonds is 3. The second-order valence-corrected chi connectivity index (χ2v) is 5.33. The molecule has 1 atom stereocenters.